The molecule has 1 fully saturated rings. The van der Waals surface area contributed by atoms with E-state index >= 15 is 0 Å². The van der Waals surface area contributed by atoms with Crippen LogP contribution in [0.5, 0.6) is 0 Å². The number of fused-ring (bicyclic) bond motifs is 1. The largest absolute Gasteiger partial charge is 0.330 e. The fourth-order valence-corrected chi connectivity index (χ4v) is 2.58. The van der Waals surface area contributed by atoms with Crippen molar-refractivity contribution in [3.63, 3.8) is 0 Å². The highest BCUT2D eigenvalue weighted by atomic mass is 16.1. The van der Waals surface area contributed by atoms with Gasteiger partial charge in [0.15, 0.2) is 0 Å². The van der Waals surface area contributed by atoms with E-state index in [1.807, 2.05) is 28.8 Å². The van der Waals surface area contributed by atoms with Crippen molar-refractivity contribution in [3.8, 4) is 0 Å². The van der Waals surface area contributed by atoms with Crippen molar-refractivity contribution in [2.24, 2.45) is 11.1 Å². The van der Waals surface area contributed by atoms with Gasteiger partial charge >= 0.3 is 0 Å². The van der Waals surface area contributed by atoms with Gasteiger partial charge in [-0.25, -0.2) is 4.98 Å². The average Bonchev–Trinajstić information content (AvgIpc) is 3.14. The summed E-state index contributed by atoms with van der Waals surface area (Å²) in [4.78, 5) is 16.2. The number of aromatic nitrogens is 2. The zero-order valence-corrected chi connectivity index (χ0v) is 10.3. The van der Waals surface area contributed by atoms with Gasteiger partial charge in [-0.2, -0.15) is 0 Å². The predicted molar refractivity (Wildman–Crippen MR) is 71.3 cm³/mol. The van der Waals surface area contributed by atoms with Gasteiger partial charge in [-0.05, 0) is 43.4 Å². The van der Waals surface area contributed by atoms with E-state index < -0.39 is 0 Å². The van der Waals surface area contributed by atoms with E-state index in [-0.39, 0.29) is 11.0 Å². The second-order valence-electron chi connectivity index (χ2n) is 5.21. The van der Waals surface area contributed by atoms with Crippen LogP contribution in [0.4, 0.5) is 0 Å². The van der Waals surface area contributed by atoms with Gasteiger partial charge in [-0.15, -0.1) is 0 Å². The van der Waals surface area contributed by atoms with E-state index in [4.69, 9.17) is 5.73 Å². The molecule has 2 aromatic rings. The van der Waals surface area contributed by atoms with Crippen molar-refractivity contribution < 1.29 is 0 Å². The summed E-state index contributed by atoms with van der Waals surface area (Å²) in [5.41, 5.74) is 7.70. The Kier molecular flexibility index (Phi) is 2.67. The highest BCUT2D eigenvalue weighted by molar-refractivity contribution is 5.74. The number of hydrogen-bond donors (Lipinski definition) is 1. The van der Waals surface area contributed by atoms with Crippen LogP contribution in [0.15, 0.2) is 35.3 Å². The first-order valence-corrected chi connectivity index (χ1v) is 6.39. The number of nitrogens with zero attached hydrogens (tertiary/aromatic N) is 2. The van der Waals surface area contributed by atoms with Crippen LogP contribution >= 0.6 is 0 Å². The topological polar surface area (TPSA) is 60.9 Å². The highest BCUT2D eigenvalue weighted by Gasteiger charge is 2.42. The fourth-order valence-electron chi connectivity index (χ4n) is 2.58. The van der Waals surface area contributed by atoms with Gasteiger partial charge in [-0.3, -0.25) is 4.79 Å². The lowest BCUT2D eigenvalue weighted by molar-refractivity contribution is 0.398. The summed E-state index contributed by atoms with van der Waals surface area (Å²) in [7, 11) is 0. The number of rotatable bonds is 4. The third-order valence-corrected chi connectivity index (χ3v) is 3.88. The third kappa shape index (κ3) is 1.93. The number of para-hydroxylation sites is 2. The van der Waals surface area contributed by atoms with E-state index in [0.717, 1.165) is 24.0 Å². The summed E-state index contributed by atoms with van der Waals surface area (Å²) in [5, 5.41) is 0. The molecule has 1 saturated carbocycles. The van der Waals surface area contributed by atoms with Crippen LogP contribution in [0.3, 0.4) is 0 Å². The Morgan fingerprint density at radius 2 is 2.11 bits per heavy atom. The molecule has 4 heteroatoms. The molecule has 18 heavy (non-hydrogen) atoms. The SMILES string of the molecule is NCCC1(Cn2c(=O)cnc3ccccc32)CC1. The van der Waals surface area contributed by atoms with Crippen molar-refractivity contribution in [1.29, 1.82) is 0 Å². The van der Waals surface area contributed by atoms with Gasteiger partial charge in [0.1, 0.15) is 0 Å². The number of benzene rings is 1. The van der Waals surface area contributed by atoms with E-state index in [2.05, 4.69) is 4.98 Å². The normalized spacial score (nSPS) is 16.9. The minimum atomic E-state index is -0.0167. The standard InChI is InChI=1S/C14H17N3O/c15-8-7-14(5-6-14)10-17-12-4-2-1-3-11(12)16-9-13(17)18/h1-4,9H,5-8,10,15H2. The molecule has 3 rings (SSSR count). The molecule has 0 saturated heterocycles. The van der Waals surface area contributed by atoms with Crippen LogP contribution in [0, 0.1) is 5.41 Å². The average molecular weight is 243 g/mol. The van der Waals surface area contributed by atoms with Crippen LogP contribution < -0.4 is 11.3 Å². The zero-order valence-electron chi connectivity index (χ0n) is 10.3. The molecule has 4 nitrogen and oxygen atoms in total. The van der Waals surface area contributed by atoms with Crippen LogP contribution in [-0.2, 0) is 6.54 Å². The summed E-state index contributed by atoms with van der Waals surface area (Å²) in [6.07, 6.45) is 4.76. The fraction of sp³-hybridized carbons (Fsp3) is 0.429. The molecular weight excluding hydrogens is 226 g/mol. The molecule has 0 aliphatic heterocycles. The van der Waals surface area contributed by atoms with Crippen molar-refractivity contribution in [3.05, 3.63) is 40.8 Å². The molecule has 0 bridgehead atoms. The Balaban J connectivity index is 2.05. The van der Waals surface area contributed by atoms with Crippen LogP contribution in [0.1, 0.15) is 19.3 Å². The van der Waals surface area contributed by atoms with Gasteiger partial charge < -0.3 is 10.3 Å². The lowest BCUT2D eigenvalue weighted by Gasteiger charge is -2.17. The van der Waals surface area contributed by atoms with Crippen molar-refractivity contribution in [1.82, 2.24) is 9.55 Å². The molecule has 0 atom stereocenters. The van der Waals surface area contributed by atoms with Gasteiger partial charge in [0.05, 0.1) is 17.2 Å². The van der Waals surface area contributed by atoms with E-state index in [9.17, 15) is 4.79 Å². The molecule has 2 N–H and O–H groups in total. The molecule has 1 aliphatic rings. The monoisotopic (exact) mass is 243 g/mol. The van der Waals surface area contributed by atoms with Crippen LogP contribution in [0.25, 0.3) is 11.0 Å². The first-order chi connectivity index (χ1) is 8.74. The van der Waals surface area contributed by atoms with Crippen molar-refractivity contribution in [2.75, 3.05) is 6.54 Å². The lowest BCUT2D eigenvalue weighted by atomic mass is 10.0. The Bertz CT molecular complexity index is 628. The van der Waals surface area contributed by atoms with Gasteiger partial charge in [0.25, 0.3) is 5.56 Å². The summed E-state index contributed by atoms with van der Waals surface area (Å²) in [6, 6.07) is 7.79. The summed E-state index contributed by atoms with van der Waals surface area (Å²) >= 11 is 0. The van der Waals surface area contributed by atoms with Crippen molar-refractivity contribution in [2.45, 2.75) is 25.8 Å². The molecule has 0 spiro atoms. The summed E-state index contributed by atoms with van der Waals surface area (Å²) in [6.45, 7) is 1.46. The molecule has 0 unspecified atom stereocenters. The smallest absolute Gasteiger partial charge is 0.269 e. The van der Waals surface area contributed by atoms with Crippen LogP contribution in [0.2, 0.25) is 0 Å². The maximum atomic E-state index is 12.0. The van der Waals surface area contributed by atoms with E-state index in [1.54, 1.807) is 0 Å². The second-order valence-corrected chi connectivity index (χ2v) is 5.21. The minimum Gasteiger partial charge on any atom is -0.330 e. The molecule has 1 aliphatic carbocycles. The second kappa shape index (κ2) is 4.21. The summed E-state index contributed by atoms with van der Waals surface area (Å²) in [5.74, 6) is 0. The van der Waals surface area contributed by atoms with Crippen LogP contribution in [-0.4, -0.2) is 16.1 Å². The maximum Gasteiger partial charge on any atom is 0.269 e. The minimum absolute atomic E-state index is 0.0167. The van der Waals surface area contributed by atoms with Gasteiger partial charge in [0.2, 0.25) is 0 Å². The van der Waals surface area contributed by atoms with Gasteiger partial charge in [-0.1, -0.05) is 12.1 Å². The Labute approximate surface area is 105 Å². The Morgan fingerprint density at radius 3 is 2.83 bits per heavy atom. The highest BCUT2D eigenvalue weighted by Crippen LogP contribution is 2.49. The van der Waals surface area contributed by atoms with Gasteiger partial charge in [0, 0.05) is 6.54 Å². The zero-order chi connectivity index (χ0) is 12.6. The molecule has 0 amide bonds. The number of hydrogen-bond acceptors (Lipinski definition) is 3. The third-order valence-electron chi connectivity index (χ3n) is 3.88. The Hall–Kier alpha value is -1.68. The first kappa shape index (κ1) is 11.4. The lowest BCUT2D eigenvalue weighted by Crippen LogP contribution is -2.26. The first-order valence-electron chi connectivity index (χ1n) is 6.39. The Morgan fingerprint density at radius 1 is 1.33 bits per heavy atom. The van der Waals surface area contributed by atoms with E-state index in [1.165, 1.54) is 19.0 Å². The molecule has 1 heterocycles. The summed E-state index contributed by atoms with van der Waals surface area (Å²) < 4.78 is 1.85. The molecule has 1 aromatic carbocycles. The number of nitrogens with two attached hydrogens (primary N) is 1. The molecule has 0 radical (unpaired) electrons. The quantitative estimate of drug-likeness (QED) is 0.885. The maximum absolute atomic E-state index is 12.0. The molecule has 94 valence electrons. The van der Waals surface area contributed by atoms with Crippen molar-refractivity contribution >= 4 is 11.0 Å². The predicted octanol–water partition coefficient (Wildman–Crippen LogP) is 1.53. The van der Waals surface area contributed by atoms with E-state index in [0.29, 0.717) is 6.54 Å². The molecular formula is C14H17N3O. The molecule has 1 aromatic heterocycles.